The summed E-state index contributed by atoms with van der Waals surface area (Å²) in [5, 5.41) is 10.7. The molecule has 1 atom stereocenters. The van der Waals surface area contributed by atoms with Crippen LogP contribution in [0.3, 0.4) is 0 Å². The van der Waals surface area contributed by atoms with E-state index in [-0.39, 0.29) is 25.0 Å². The number of benzene rings is 2. The maximum Gasteiger partial charge on any atom is 0.261 e. The van der Waals surface area contributed by atoms with Crippen molar-refractivity contribution in [1.82, 2.24) is 4.90 Å². The van der Waals surface area contributed by atoms with Crippen LogP contribution in [0.15, 0.2) is 48.5 Å². The zero-order valence-corrected chi connectivity index (χ0v) is 13.6. The molecule has 1 aliphatic rings. The molecule has 0 radical (unpaired) electrons. The Morgan fingerprint density at radius 3 is 2.17 bits per heavy atom. The molecule has 0 saturated heterocycles. The van der Waals surface area contributed by atoms with E-state index in [1.807, 2.05) is 12.1 Å². The van der Waals surface area contributed by atoms with Gasteiger partial charge < -0.3 is 9.84 Å². The standard InChI is InChI=1S/C18H16ClNO4/c19-13-7-5-12(6-8-13)10-24-11-14(21)9-20-17(22)15-3-1-2-4-16(15)18(20)23/h1-8,14,21H,9-11H2. The molecule has 0 fully saturated rings. The highest BCUT2D eigenvalue weighted by Gasteiger charge is 2.36. The highest BCUT2D eigenvalue weighted by Crippen LogP contribution is 2.22. The van der Waals surface area contributed by atoms with E-state index < -0.39 is 6.10 Å². The van der Waals surface area contributed by atoms with E-state index in [0.29, 0.717) is 22.8 Å². The Morgan fingerprint density at radius 2 is 1.58 bits per heavy atom. The molecule has 24 heavy (non-hydrogen) atoms. The Bertz CT molecular complexity index is 725. The Hall–Kier alpha value is -2.21. The van der Waals surface area contributed by atoms with Crippen LogP contribution in [-0.4, -0.2) is 41.1 Å². The topological polar surface area (TPSA) is 66.8 Å². The van der Waals surface area contributed by atoms with Crippen molar-refractivity contribution in [3.8, 4) is 0 Å². The number of carbonyl (C=O) groups excluding carboxylic acids is 2. The second-order valence-electron chi connectivity index (χ2n) is 5.56. The number of rotatable bonds is 6. The van der Waals surface area contributed by atoms with E-state index in [0.717, 1.165) is 10.5 Å². The van der Waals surface area contributed by atoms with Gasteiger partial charge in [-0.3, -0.25) is 14.5 Å². The van der Waals surface area contributed by atoms with Gasteiger partial charge >= 0.3 is 0 Å². The molecular formula is C18H16ClNO4. The summed E-state index contributed by atoms with van der Waals surface area (Å²) in [6.45, 7) is 0.249. The molecule has 2 aromatic rings. The number of carbonyl (C=O) groups is 2. The van der Waals surface area contributed by atoms with Crippen LogP contribution in [-0.2, 0) is 11.3 Å². The van der Waals surface area contributed by atoms with E-state index in [1.165, 1.54) is 0 Å². The van der Waals surface area contributed by atoms with Gasteiger partial charge in [-0.15, -0.1) is 0 Å². The summed E-state index contributed by atoms with van der Waals surface area (Å²) in [4.78, 5) is 25.5. The number of aliphatic hydroxyl groups excluding tert-OH is 1. The fourth-order valence-electron chi connectivity index (χ4n) is 2.56. The minimum Gasteiger partial charge on any atom is -0.389 e. The number of fused-ring (bicyclic) bond motifs is 1. The maximum atomic E-state index is 12.2. The van der Waals surface area contributed by atoms with Gasteiger partial charge in [0.05, 0.1) is 37.0 Å². The van der Waals surface area contributed by atoms with Gasteiger partial charge in [-0.1, -0.05) is 35.9 Å². The summed E-state index contributed by atoms with van der Waals surface area (Å²) in [6, 6.07) is 13.8. The lowest BCUT2D eigenvalue weighted by molar-refractivity contribution is 0.0120. The number of hydrogen-bond donors (Lipinski definition) is 1. The first kappa shape index (κ1) is 16.6. The van der Waals surface area contributed by atoms with Crippen LogP contribution in [0, 0.1) is 0 Å². The van der Waals surface area contributed by atoms with E-state index in [1.54, 1.807) is 36.4 Å². The molecule has 0 aliphatic carbocycles. The van der Waals surface area contributed by atoms with Crippen LogP contribution in [0.25, 0.3) is 0 Å². The van der Waals surface area contributed by atoms with E-state index in [4.69, 9.17) is 16.3 Å². The molecular weight excluding hydrogens is 330 g/mol. The molecule has 0 saturated carbocycles. The number of β-amino-alcohol motifs (C(OH)–C–C–N with tert-alkyl or cyclic N) is 1. The Labute approximate surface area is 144 Å². The average Bonchev–Trinajstić information content (AvgIpc) is 2.82. The second kappa shape index (κ2) is 7.13. The molecule has 1 unspecified atom stereocenters. The quantitative estimate of drug-likeness (QED) is 0.817. The highest BCUT2D eigenvalue weighted by molar-refractivity contribution is 6.30. The lowest BCUT2D eigenvalue weighted by Gasteiger charge is -2.18. The van der Waals surface area contributed by atoms with Crippen LogP contribution in [0.1, 0.15) is 26.3 Å². The molecule has 0 bridgehead atoms. The van der Waals surface area contributed by atoms with Gasteiger partial charge in [-0.25, -0.2) is 0 Å². The lowest BCUT2D eigenvalue weighted by Crippen LogP contribution is -2.38. The number of nitrogens with zero attached hydrogens (tertiary/aromatic N) is 1. The molecule has 0 aromatic heterocycles. The third-order valence-electron chi connectivity index (χ3n) is 3.76. The fourth-order valence-corrected chi connectivity index (χ4v) is 2.69. The van der Waals surface area contributed by atoms with Gasteiger partial charge in [0.1, 0.15) is 0 Å². The number of ether oxygens (including phenoxy) is 1. The van der Waals surface area contributed by atoms with Crippen LogP contribution in [0.2, 0.25) is 5.02 Å². The molecule has 1 heterocycles. The van der Waals surface area contributed by atoms with Crippen molar-refractivity contribution in [3.05, 3.63) is 70.2 Å². The van der Waals surface area contributed by atoms with Crippen molar-refractivity contribution in [2.24, 2.45) is 0 Å². The number of imide groups is 1. The van der Waals surface area contributed by atoms with Gasteiger partial charge in [-0.2, -0.15) is 0 Å². The zero-order chi connectivity index (χ0) is 17.1. The lowest BCUT2D eigenvalue weighted by atomic mass is 10.1. The number of halogens is 1. The summed E-state index contributed by atoms with van der Waals surface area (Å²) in [5.41, 5.74) is 1.67. The fraction of sp³-hybridized carbons (Fsp3) is 0.222. The third kappa shape index (κ3) is 3.48. The van der Waals surface area contributed by atoms with Crippen LogP contribution >= 0.6 is 11.6 Å². The first-order chi connectivity index (χ1) is 11.6. The summed E-state index contributed by atoms with van der Waals surface area (Å²) < 4.78 is 5.44. The van der Waals surface area contributed by atoms with Crippen LogP contribution < -0.4 is 0 Å². The van der Waals surface area contributed by atoms with Crippen LogP contribution in [0.4, 0.5) is 0 Å². The van der Waals surface area contributed by atoms with Crippen molar-refractivity contribution in [1.29, 1.82) is 0 Å². The van der Waals surface area contributed by atoms with Gasteiger partial charge in [0.25, 0.3) is 11.8 Å². The second-order valence-corrected chi connectivity index (χ2v) is 6.00. The first-order valence-electron chi connectivity index (χ1n) is 7.51. The minimum absolute atomic E-state index is 0.0238. The SMILES string of the molecule is O=C1c2ccccc2C(=O)N1CC(O)COCc1ccc(Cl)cc1. The van der Waals surface area contributed by atoms with Crippen molar-refractivity contribution in [2.45, 2.75) is 12.7 Å². The van der Waals surface area contributed by atoms with Gasteiger partial charge in [-0.05, 0) is 29.8 Å². The summed E-state index contributed by atoms with van der Waals surface area (Å²) in [5.74, 6) is -0.764. The van der Waals surface area contributed by atoms with E-state index >= 15 is 0 Å². The number of aliphatic hydroxyl groups is 1. The molecule has 1 aliphatic heterocycles. The molecule has 3 rings (SSSR count). The predicted octanol–water partition coefficient (Wildman–Crippen LogP) is 2.51. The first-order valence-corrected chi connectivity index (χ1v) is 7.89. The summed E-state index contributed by atoms with van der Waals surface area (Å²) >= 11 is 5.81. The largest absolute Gasteiger partial charge is 0.389 e. The van der Waals surface area contributed by atoms with Crippen LogP contribution in [0.5, 0.6) is 0 Å². The van der Waals surface area contributed by atoms with Gasteiger partial charge in [0.15, 0.2) is 0 Å². The third-order valence-corrected chi connectivity index (χ3v) is 4.02. The Morgan fingerprint density at radius 1 is 1.00 bits per heavy atom. The summed E-state index contributed by atoms with van der Waals surface area (Å²) in [6.07, 6.45) is -0.945. The van der Waals surface area contributed by atoms with Crippen molar-refractivity contribution < 1.29 is 19.4 Å². The normalized spacial score (nSPS) is 14.8. The molecule has 2 amide bonds. The van der Waals surface area contributed by atoms with Crippen molar-refractivity contribution >= 4 is 23.4 Å². The predicted molar refractivity (Wildman–Crippen MR) is 88.9 cm³/mol. The van der Waals surface area contributed by atoms with Crippen molar-refractivity contribution in [2.75, 3.05) is 13.2 Å². The van der Waals surface area contributed by atoms with Gasteiger partial charge in [0, 0.05) is 5.02 Å². The van der Waals surface area contributed by atoms with E-state index in [9.17, 15) is 14.7 Å². The van der Waals surface area contributed by atoms with Crippen molar-refractivity contribution in [3.63, 3.8) is 0 Å². The number of hydrogen-bond acceptors (Lipinski definition) is 4. The number of amides is 2. The molecule has 1 N–H and O–H groups in total. The highest BCUT2D eigenvalue weighted by atomic mass is 35.5. The smallest absolute Gasteiger partial charge is 0.261 e. The molecule has 0 spiro atoms. The molecule has 5 nitrogen and oxygen atoms in total. The van der Waals surface area contributed by atoms with E-state index in [2.05, 4.69) is 0 Å². The molecule has 124 valence electrons. The Balaban J connectivity index is 1.52. The van der Waals surface area contributed by atoms with Gasteiger partial charge in [0.2, 0.25) is 0 Å². The molecule has 2 aromatic carbocycles. The zero-order valence-electron chi connectivity index (χ0n) is 12.8. The minimum atomic E-state index is -0.945. The summed E-state index contributed by atoms with van der Waals surface area (Å²) in [7, 11) is 0. The monoisotopic (exact) mass is 345 g/mol. The Kier molecular flexibility index (Phi) is 4.94. The average molecular weight is 346 g/mol. The maximum absolute atomic E-state index is 12.2. The molecule has 6 heteroatoms.